The predicted octanol–water partition coefficient (Wildman–Crippen LogP) is 2.54. The Bertz CT molecular complexity index is 180. The van der Waals surface area contributed by atoms with Crippen molar-refractivity contribution in [1.82, 2.24) is 5.32 Å². The summed E-state index contributed by atoms with van der Waals surface area (Å²) in [7, 11) is 0. The third-order valence-corrected chi connectivity index (χ3v) is 0.939. The lowest BCUT2D eigenvalue weighted by Gasteiger charge is -2.08. The highest BCUT2D eigenvalue weighted by atomic mass is 19.1. The molecule has 0 fully saturated rings. The first kappa shape index (κ1) is 9.95. The van der Waals surface area contributed by atoms with Gasteiger partial charge in [-0.15, -0.1) is 0 Å². The van der Waals surface area contributed by atoms with Crippen molar-refractivity contribution in [2.24, 2.45) is 0 Å². The van der Waals surface area contributed by atoms with Crippen molar-refractivity contribution >= 4 is 0 Å². The van der Waals surface area contributed by atoms with Gasteiger partial charge in [0.05, 0.1) is 0 Å². The van der Waals surface area contributed by atoms with Crippen molar-refractivity contribution in [1.29, 1.82) is 0 Å². The normalized spacial score (nSPS) is 10.5. The van der Waals surface area contributed by atoms with Crippen molar-refractivity contribution in [2.45, 2.75) is 19.9 Å². The van der Waals surface area contributed by atoms with Crippen LogP contribution in [0.4, 0.5) is 4.39 Å². The zero-order valence-corrected chi connectivity index (χ0v) is 7.02. The van der Waals surface area contributed by atoms with Crippen molar-refractivity contribution in [3.8, 4) is 0 Å². The summed E-state index contributed by atoms with van der Waals surface area (Å²) in [4.78, 5) is 0. The highest BCUT2D eigenvalue weighted by molar-refractivity contribution is 5.19. The fourth-order valence-electron chi connectivity index (χ4n) is 0.610. The summed E-state index contributed by atoms with van der Waals surface area (Å²) in [6, 6.07) is 0.319. The van der Waals surface area contributed by atoms with E-state index in [4.69, 9.17) is 0 Å². The summed E-state index contributed by atoms with van der Waals surface area (Å²) < 4.78 is 12.0. The summed E-state index contributed by atoms with van der Waals surface area (Å²) in [6.45, 7) is 10.7. The number of nitrogens with one attached hydrogen (secondary N) is 1. The van der Waals surface area contributed by atoms with Crippen molar-refractivity contribution in [3.63, 3.8) is 0 Å². The molecule has 0 saturated heterocycles. The molecule has 0 aliphatic heterocycles. The lowest BCUT2D eigenvalue weighted by Crippen LogP contribution is -2.19. The molecule has 0 aliphatic carbocycles. The monoisotopic (exact) mass is 155 g/mol. The van der Waals surface area contributed by atoms with E-state index in [2.05, 4.69) is 18.5 Å². The van der Waals surface area contributed by atoms with E-state index in [0.29, 0.717) is 11.7 Å². The SMILES string of the molecule is C=C(F)/C=C\C(=C)NC(C)C. The van der Waals surface area contributed by atoms with Crippen LogP contribution in [0.1, 0.15) is 13.8 Å². The average Bonchev–Trinajstić information content (AvgIpc) is 1.82. The molecule has 0 spiro atoms. The zero-order chi connectivity index (χ0) is 8.85. The fourth-order valence-corrected chi connectivity index (χ4v) is 0.610. The van der Waals surface area contributed by atoms with Crippen molar-refractivity contribution < 1.29 is 4.39 Å². The highest BCUT2D eigenvalue weighted by Gasteiger charge is 1.90. The van der Waals surface area contributed by atoms with E-state index in [1.807, 2.05) is 13.8 Å². The largest absolute Gasteiger partial charge is 0.383 e. The quantitative estimate of drug-likeness (QED) is 0.615. The van der Waals surface area contributed by atoms with Gasteiger partial charge in [-0.3, -0.25) is 0 Å². The van der Waals surface area contributed by atoms with E-state index in [9.17, 15) is 4.39 Å². The summed E-state index contributed by atoms with van der Waals surface area (Å²) in [5.41, 5.74) is 0.693. The molecule has 62 valence electrons. The number of rotatable bonds is 4. The van der Waals surface area contributed by atoms with Crippen LogP contribution in [0.3, 0.4) is 0 Å². The van der Waals surface area contributed by atoms with E-state index in [1.165, 1.54) is 6.08 Å². The molecule has 0 heterocycles. The maximum absolute atomic E-state index is 12.0. The Morgan fingerprint density at radius 1 is 1.36 bits per heavy atom. The second kappa shape index (κ2) is 4.72. The van der Waals surface area contributed by atoms with E-state index in [-0.39, 0.29) is 0 Å². The summed E-state index contributed by atoms with van der Waals surface area (Å²) in [6.07, 6.45) is 2.83. The Labute approximate surface area is 67.3 Å². The van der Waals surface area contributed by atoms with Crippen molar-refractivity contribution in [2.75, 3.05) is 0 Å². The van der Waals surface area contributed by atoms with Gasteiger partial charge in [-0.05, 0) is 26.0 Å². The fraction of sp³-hybridized carbons (Fsp3) is 0.333. The molecule has 0 saturated carbocycles. The zero-order valence-electron chi connectivity index (χ0n) is 7.02. The van der Waals surface area contributed by atoms with Gasteiger partial charge in [-0.25, -0.2) is 4.39 Å². The second-order valence-corrected chi connectivity index (χ2v) is 2.60. The van der Waals surface area contributed by atoms with Crippen molar-refractivity contribution in [3.05, 3.63) is 36.8 Å². The van der Waals surface area contributed by atoms with E-state index in [1.54, 1.807) is 6.08 Å². The van der Waals surface area contributed by atoms with Crippen LogP contribution < -0.4 is 5.32 Å². The first-order valence-corrected chi connectivity index (χ1v) is 3.50. The lowest BCUT2D eigenvalue weighted by atomic mass is 10.3. The Morgan fingerprint density at radius 2 is 1.91 bits per heavy atom. The number of halogens is 1. The molecule has 2 heteroatoms. The Morgan fingerprint density at radius 3 is 2.27 bits per heavy atom. The minimum absolute atomic E-state index is 0.319. The molecule has 0 radical (unpaired) electrons. The second-order valence-electron chi connectivity index (χ2n) is 2.60. The van der Waals surface area contributed by atoms with Crippen LogP contribution in [0.15, 0.2) is 36.8 Å². The molecular formula is C9H14FN. The molecule has 0 rings (SSSR count). The molecule has 0 unspecified atom stereocenters. The molecule has 0 aromatic carbocycles. The van der Waals surface area contributed by atoms with Gasteiger partial charge >= 0.3 is 0 Å². The Balaban J connectivity index is 3.78. The van der Waals surface area contributed by atoms with Crippen LogP contribution in [-0.2, 0) is 0 Å². The Kier molecular flexibility index (Phi) is 4.27. The molecule has 1 nitrogen and oxygen atoms in total. The first-order chi connectivity index (χ1) is 5.02. The van der Waals surface area contributed by atoms with Gasteiger partial charge in [0, 0.05) is 11.7 Å². The predicted molar refractivity (Wildman–Crippen MR) is 46.8 cm³/mol. The lowest BCUT2D eigenvalue weighted by molar-refractivity contribution is 0.666. The van der Waals surface area contributed by atoms with E-state index < -0.39 is 5.83 Å². The van der Waals surface area contributed by atoms with Gasteiger partial charge in [0.2, 0.25) is 0 Å². The van der Waals surface area contributed by atoms with Crippen LogP contribution in [0.2, 0.25) is 0 Å². The molecule has 0 amide bonds. The molecule has 0 atom stereocenters. The summed E-state index contributed by atoms with van der Waals surface area (Å²) in [5, 5.41) is 3.01. The minimum atomic E-state index is -0.461. The molecule has 0 bridgehead atoms. The highest BCUT2D eigenvalue weighted by Crippen LogP contribution is 1.97. The number of allylic oxidation sites excluding steroid dienone is 3. The van der Waals surface area contributed by atoms with Crippen LogP contribution in [-0.4, -0.2) is 6.04 Å². The molecule has 0 aromatic rings. The molecule has 1 N–H and O–H groups in total. The molecule has 11 heavy (non-hydrogen) atoms. The van der Waals surface area contributed by atoms with E-state index in [0.717, 1.165) is 0 Å². The topological polar surface area (TPSA) is 12.0 Å². The third-order valence-electron chi connectivity index (χ3n) is 0.939. The van der Waals surface area contributed by atoms with Crippen LogP contribution in [0, 0.1) is 0 Å². The van der Waals surface area contributed by atoms with Crippen LogP contribution >= 0.6 is 0 Å². The van der Waals surface area contributed by atoms with Gasteiger partial charge in [0.1, 0.15) is 5.83 Å². The summed E-state index contributed by atoms with van der Waals surface area (Å²) >= 11 is 0. The van der Waals surface area contributed by atoms with Gasteiger partial charge in [-0.2, -0.15) is 0 Å². The average molecular weight is 155 g/mol. The van der Waals surface area contributed by atoms with Gasteiger partial charge in [-0.1, -0.05) is 13.2 Å². The number of hydrogen-bond acceptors (Lipinski definition) is 1. The molecule has 0 aliphatic rings. The maximum Gasteiger partial charge on any atom is 0.116 e. The van der Waals surface area contributed by atoms with Gasteiger partial charge < -0.3 is 5.32 Å². The summed E-state index contributed by atoms with van der Waals surface area (Å²) in [5.74, 6) is -0.461. The maximum atomic E-state index is 12.0. The van der Waals surface area contributed by atoms with Gasteiger partial charge in [0.15, 0.2) is 0 Å². The smallest absolute Gasteiger partial charge is 0.116 e. The van der Waals surface area contributed by atoms with E-state index >= 15 is 0 Å². The third kappa shape index (κ3) is 6.84. The van der Waals surface area contributed by atoms with Gasteiger partial charge in [0.25, 0.3) is 0 Å². The number of hydrogen-bond donors (Lipinski definition) is 1. The van der Waals surface area contributed by atoms with Crippen LogP contribution in [0.5, 0.6) is 0 Å². The molecule has 0 aromatic heterocycles. The van der Waals surface area contributed by atoms with Crippen LogP contribution in [0.25, 0.3) is 0 Å². The minimum Gasteiger partial charge on any atom is -0.383 e. The Hall–Kier alpha value is -1.05. The first-order valence-electron chi connectivity index (χ1n) is 3.50. The standard InChI is InChI=1S/C9H14FN/c1-7(2)11-9(4)6-5-8(3)10/h5-7,11H,3-4H2,1-2H3/b6-5-. The molecular weight excluding hydrogens is 141 g/mol.